The number of alkyl halides is 1. The average Bonchev–Trinajstić information content (AvgIpc) is 2.36. The summed E-state index contributed by atoms with van der Waals surface area (Å²) in [4.78, 5) is 22.3. The summed E-state index contributed by atoms with van der Waals surface area (Å²) in [5.41, 5.74) is 1.41. The van der Waals surface area contributed by atoms with Crippen molar-refractivity contribution in [1.82, 2.24) is 5.32 Å². The van der Waals surface area contributed by atoms with Gasteiger partial charge in [0, 0.05) is 18.8 Å². The second-order valence-corrected chi connectivity index (χ2v) is 3.78. The maximum Gasteiger partial charge on any atom is 0.337 e. The predicted octanol–water partition coefficient (Wildman–Crippen LogP) is 1.72. The van der Waals surface area contributed by atoms with Crippen LogP contribution in [0.25, 0.3) is 0 Å². The second kappa shape index (κ2) is 6.91. The molecule has 0 unspecified atom stereocenters. The lowest BCUT2D eigenvalue weighted by molar-refractivity contribution is -0.120. The molecule has 0 fully saturated rings. The summed E-state index contributed by atoms with van der Waals surface area (Å²) >= 11 is 5.44. The van der Waals surface area contributed by atoms with Gasteiger partial charge in [-0.15, -0.1) is 11.6 Å². The zero-order valence-electron chi connectivity index (χ0n) is 9.53. The van der Waals surface area contributed by atoms with Gasteiger partial charge in [0.2, 0.25) is 5.91 Å². The van der Waals surface area contributed by atoms with Gasteiger partial charge in [0.05, 0.1) is 12.7 Å². The van der Waals surface area contributed by atoms with Crippen LogP contribution in [0.4, 0.5) is 0 Å². The van der Waals surface area contributed by atoms with E-state index in [1.54, 1.807) is 24.3 Å². The third-order valence-electron chi connectivity index (χ3n) is 2.19. The van der Waals surface area contributed by atoms with Crippen LogP contribution in [-0.2, 0) is 16.1 Å². The molecule has 0 radical (unpaired) electrons. The van der Waals surface area contributed by atoms with E-state index in [2.05, 4.69) is 10.1 Å². The van der Waals surface area contributed by atoms with Crippen LogP contribution < -0.4 is 5.32 Å². The fourth-order valence-electron chi connectivity index (χ4n) is 1.25. The molecule has 92 valence electrons. The lowest BCUT2D eigenvalue weighted by Gasteiger charge is -2.05. The summed E-state index contributed by atoms with van der Waals surface area (Å²) in [6.07, 6.45) is 0.307. The first-order valence-corrected chi connectivity index (χ1v) is 5.70. The molecule has 0 aliphatic heterocycles. The van der Waals surface area contributed by atoms with Gasteiger partial charge in [-0.1, -0.05) is 12.1 Å². The fraction of sp³-hybridized carbons (Fsp3) is 0.333. The highest BCUT2D eigenvalue weighted by atomic mass is 35.5. The Morgan fingerprint density at radius 1 is 1.29 bits per heavy atom. The van der Waals surface area contributed by atoms with Crippen molar-refractivity contribution in [3.05, 3.63) is 35.4 Å². The van der Waals surface area contributed by atoms with Crippen molar-refractivity contribution in [1.29, 1.82) is 0 Å². The Kier molecular flexibility index (Phi) is 5.49. The molecule has 1 amide bonds. The number of benzene rings is 1. The zero-order valence-corrected chi connectivity index (χ0v) is 10.3. The highest BCUT2D eigenvalue weighted by Crippen LogP contribution is 2.05. The quantitative estimate of drug-likeness (QED) is 0.644. The van der Waals surface area contributed by atoms with Crippen molar-refractivity contribution in [2.75, 3.05) is 13.0 Å². The molecule has 0 aliphatic rings. The van der Waals surface area contributed by atoms with Crippen LogP contribution in [0.15, 0.2) is 24.3 Å². The van der Waals surface area contributed by atoms with Crippen LogP contribution in [0, 0.1) is 0 Å². The molecule has 0 aromatic heterocycles. The summed E-state index contributed by atoms with van der Waals surface area (Å²) in [7, 11) is 1.34. The van der Waals surface area contributed by atoms with Crippen molar-refractivity contribution in [3.63, 3.8) is 0 Å². The number of hydrogen-bond acceptors (Lipinski definition) is 3. The molecule has 0 aliphatic carbocycles. The minimum Gasteiger partial charge on any atom is -0.465 e. The lowest BCUT2D eigenvalue weighted by Crippen LogP contribution is -2.22. The van der Waals surface area contributed by atoms with E-state index >= 15 is 0 Å². The number of hydrogen-bond donors (Lipinski definition) is 1. The third kappa shape index (κ3) is 4.44. The Labute approximate surface area is 105 Å². The van der Waals surface area contributed by atoms with E-state index in [4.69, 9.17) is 11.6 Å². The number of carbonyl (C=O) groups is 2. The lowest BCUT2D eigenvalue weighted by atomic mass is 10.1. The maximum atomic E-state index is 11.2. The fourth-order valence-corrected chi connectivity index (χ4v) is 1.42. The SMILES string of the molecule is COC(=O)c1ccc(CNC(=O)CCCl)cc1. The summed E-state index contributed by atoms with van der Waals surface area (Å²) < 4.78 is 4.58. The highest BCUT2D eigenvalue weighted by Gasteiger charge is 2.04. The second-order valence-electron chi connectivity index (χ2n) is 3.40. The molecule has 1 N–H and O–H groups in total. The van der Waals surface area contributed by atoms with Crippen molar-refractivity contribution < 1.29 is 14.3 Å². The molecular formula is C12H14ClNO3. The van der Waals surface area contributed by atoms with Gasteiger partial charge in [0.25, 0.3) is 0 Å². The molecular weight excluding hydrogens is 242 g/mol. The first kappa shape index (κ1) is 13.5. The van der Waals surface area contributed by atoms with Crippen LogP contribution in [0.1, 0.15) is 22.3 Å². The molecule has 0 heterocycles. The predicted molar refractivity (Wildman–Crippen MR) is 65.0 cm³/mol. The van der Waals surface area contributed by atoms with E-state index in [1.807, 2.05) is 0 Å². The minimum absolute atomic E-state index is 0.0861. The molecule has 17 heavy (non-hydrogen) atoms. The molecule has 1 aromatic carbocycles. The van der Waals surface area contributed by atoms with E-state index < -0.39 is 0 Å². The van der Waals surface area contributed by atoms with Crippen molar-refractivity contribution in [2.45, 2.75) is 13.0 Å². The van der Waals surface area contributed by atoms with Gasteiger partial charge >= 0.3 is 5.97 Å². The smallest absolute Gasteiger partial charge is 0.337 e. The Morgan fingerprint density at radius 2 is 1.94 bits per heavy atom. The minimum atomic E-state index is -0.372. The largest absolute Gasteiger partial charge is 0.465 e. The molecule has 0 spiro atoms. The van der Waals surface area contributed by atoms with Gasteiger partial charge in [0.1, 0.15) is 0 Å². The van der Waals surface area contributed by atoms with Crippen LogP contribution in [0.3, 0.4) is 0 Å². The topological polar surface area (TPSA) is 55.4 Å². The third-order valence-corrected chi connectivity index (χ3v) is 2.38. The van der Waals surface area contributed by atoms with Gasteiger partial charge in [-0.05, 0) is 17.7 Å². The molecule has 0 saturated heterocycles. The number of nitrogens with one attached hydrogen (secondary N) is 1. The Bertz CT molecular complexity index is 389. The van der Waals surface area contributed by atoms with Crippen LogP contribution in [0.5, 0.6) is 0 Å². The standard InChI is InChI=1S/C12H14ClNO3/c1-17-12(16)10-4-2-9(3-5-10)8-14-11(15)6-7-13/h2-5H,6-8H2,1H3,(H,14,15). The summed E-state index contributed by atoms with van der Waals surface area (Å²) in [5.74, 6) is -0.146. The molecule has 5 heteroatoms. The summed E-state index contributed by atoms with van der Waals surface area (Å²) in [6, 6.07) is 6.87. The van der Waals surface area contributed by atoms with E-state index in [1.165, 1.54) is 7.11 Å². The number of esters is 1. The van der Waals surface area contributed by atoms with Gasteiger partial charge in [-0.3, -0.25) is 4.79 Å². The van der Waals surface area contributed by atoms with E-state index in [0.29, 0.717) is 24.4 Å². The molecule has 1 aromatic rings. The summed E-state index contributed by atoms with van der Waals surface area (Å²) in [6.45, 7) is 0.428. The summed E-state index contributed by atoms with van der Waals surface area (Å²) in [5, 5.41) is 2.72. The van der Waals surface area contributed by atoms with Crippen LogP contribution in [0.2, 0.25) is 0 Å². The number of halogens is 1. The first-order chi connectivity index (χ1) is 8.17. The Hall–Kier alpha value is -1.55. The number of amides is 1. The van der Waals surface area contributed by atoms with Gasteiger partial charge in [-0.2, -0.15) is 0 Å². The Balaban J connectivity index is 2.51. The average molecular weight is 256 g/mol. The molecule has 1 rings (SSSR count). The number of methoxy groups -OCH3 is 1. The number of carbonyl (C=O) groups excluding carboxylic acids is 2. The van der Waals surface area contributed by atoms with Gasteiger partial charge < -0.3 is 10.1 Å². The van der Waals surface area contributed by atoms with E-state index in [0.717, 1.165) is 5.56 Å². The normalized spacial score (nSPS) is 9.76. The number of rotatable bonds is 5. The van der Waals surface area contributed by atoms with Crippen molar-refractivity contribution in [2.24, 2.45) is 0 Å². The van der Waals surface area contributed by atoms with Crippen LogP contribution >= 0.6 is 11.6 Å². The maximum absolute atomic E-state index is 11.2. The monoisotopic (exact) mass is 255 g/mol. The highest BCUT2D eigenvalue weighted by molar-refractivity contribution is 6.18. The van der Waals surface area contributed by atoms with E-state index in [9.17, 15) is 9.59 Å². The van der Waals surface area contributed by atoms with Gasteiger partial charge in [0.15, 0.2) is 0 Å². The zero-order chi connectivity index (χ0) is 12.7. The molecule has 0 atom stereocenters. The molecule has 0 saturated carbocycles. The van der Waals surface area contributed by atoms with Crippen molar-refractivity contribution in [3.8, 4) is 0 Å². The van der Waals surface area contributed by atoms with E-state index in [-0.39, 0.29) is 11.9 Å². The van der Waals surface area contributed by atoms with Crippen LogP contribution in [-0.4, -0.2) is 24.9 Å². The molecule has 0 bridgehead atoms. The first-order valence-electron chi connectivity index (χ1n) is 5.17. The molecule has 4 nitrogen and oxygen atoms in total. The number of ether oxygens (including phenoxy) is 1. The van der Waals surface area contributed by atoms with Gasteiger partial charge in [-0.25, -0.2) is 4.79 Å². The van der Waals surface area contributed by atoms with Crippen molar-refractivity contribution >= 4 is 23.5 Å². The Morgan fingerprint density at radius 3 is 2.47 bits per heavy atom.